The molecule has 0 aliphatic rings. The Labute approximate surface area is 57.2 Å². The zero-order valence-corrected chi connectivity index (χ0v) is 6.60. The summed E-state index contributed by atoms with van der Waals surface area (Å²) in [4.78, 5) is 0. The molecule has 0 spiro atoms. The van der Waals surface area contributed by atoms with Crippen molar-refractivity contribution in [1.29, 1.82) is 0 Å². The van der Waals surface area contributed by atoms with Crippen LogP contribution in [0.25, 0.3) is 0 Å². The maximum Gasteiger partial charge on any atom is 0.0783 e. The van der Waals surface area contributed by atoms with E-state index in [-0.39, 0.29) is 0 Å². The first-order valence-corrected chi connectivity index (χ1v) is 4.08. The summed E-state index contributed by atoms with van der Waals surface area (Å²) in [6.45, 7) is 3.48. The molecule has 9 heavy (non-hydrogen) atoms. The molecule has 0 radical (unpaired) electrons. The molecule has 0 rings (SSSR count). The third-order valence-corrected chi connectivity index (χ3v) is 2.70. The second-order valence-electron chi connectivity index (χ2n) is 2.30. The van der Waals surface area contributed by atoms with Gasteiger partial charge in [0.1, 0.15) is 0 Å². The van der Waals surface area contributed by atoms with E-state index in [1.807, 2.05) is 0 Å². The molecule has 0 heterocycles. The van der Waals surface area contributed by atoms with E-state index in [0.717, 1.165) is 0 Å². The van der Waals surface area contributed by atoms with Gasteiger partial charge in [-0.25, -0.2) is 0 Å². The third-order valence-electron chi connectivity index (χ3n) is 1.11. The summed E-state index contributed by atoms with van der Waals surface area (Å²) in [7, 11) is -0.985. The van der Waals surface area contributed by atoms with Gasteiger partial charge < -0.3 is 5.21 Å². The molecule has 0 saturated heterocycles. The van der Waals surface area contributed by atoms with E-state index in [1.165, 1.54) is 6.21 Å². The molecule has 0 aromatic heterocycles. The summed E-state index contributed by atoms with van der Waals surface area (Å²) in [5, 5.41) is 10.9. The van der Waals surface area contributed by atoms with Crippen LogP contribution in [-0.2, 0) is 10.8 Å². The van der Waals surface area contributed by atoms with Crippen LogP contribution in [0, 0.1) is 0 Å². The number of nitrogens with zero attached hydrogens (tertiary/aromatic N) is 1. The van der Waals surface area contributed by atoms with Crippen molar-refractivity contribution in [3.63, 3.8) is 0 Å². The summed E-state index contributed by atoms with van der Waals surface area (Å²) in [6.07, 6.45) is 2.84. The van der Waals surface area contributed by atoms with Crippen LogP contribution in [-0.4, -0.2) is 26.6 Å². The molecule has 0 bridgehead atoms. The van der Waals surface area contributed by atoms with Gasteiger partial charge in [-0.2, -0.15) is 0 Å². The molecule has 0 amide bonds. The van der Waals surface area contributed by atoms with Crippen LogP contribution >= 0.6 is 0 Å². The van der Waals surface area contributed by atoms with Crippen LogP contribution in [0.3, 0.4) is 0 Å². The fourth-order valence-corrected chi connectivity index (χ4v) is 0.409. The Bertz CT molecular complexity index is 142. The minimum atomic E-state index is -0.985. The van der Waals surface area contributed by atoms with E-state index in [0.29, 0.717) is 0 Å². The number of hydrogen-bond donors (Lipinski definition) is 1. The number of hydrogen-bond acceptors (Lipinski definition) is 3. The van der Waals surface area contributed by atoms with Gasteiger partial charge in [0.05, 0.1) is 11.0 Å². The minimum Gasteiger partial charge on any atom is -0.411 e. The van der Waals surface area contributed by atoms with Crippen molar-refractivity contribution in [3.8, 4) is 0 Å². The summed E-state index contributed by atoms with van der Waals surface area (Å²) >= 11 is 0. The molecule has 0 aliphatic carbocycles. The molecular formula is C5H11NO2S. The van der Waals surface area contributed by atoms with Crippen LogP contribution in [0.4, 0.5) is 0 Å². The fraction of sp³-hybridized carbons (Fsp3) is 0.800. The van der Waals surface area contributed by atoms with Gasteiger partial charge in [0.2, 0.25) is 0 Å². The van der Waals surface area contributed by atoms with Gasteiger partial charge in [-0.1, -0.05) is 0 Å². The molecule has 0 aliphatic heterocycles. The van der Waals surface area contributed by atoms with Gasteiger partial charge in [-0.3, -0.25) is 4.21 Å². The standard InChI is InChI=1S/C5H11NO2S/c1-5(2,4-6-7)9(3)8/h4,7H,1-3H3/b6-4+. The summed E-state index contributed by atoms with van der Waals surface area (Å²) < 4.78 is 10.2. The predicted molar refractivity (Wildman–Crippen MR) is 38.4 cm³/mol. The first-order chi connectivity index (χ1) is 4.00. The molecule has 3 nitrogen and oxygen atoms in total. The molecule has 1 N–H and O–H groups in total. The van der Waals surface area contributed by atoms with Gasteiger partial charge in [-0.15, -0.1) is 5.16 Å². The van der Waals surface area contributed by atoms with Crippen molar-refractivity contribution < 1.29 is 9.42 Å². The largest absolute Gasteiger partial charge is 0.411 e. The minimum absolute atomic E-state index is 0.519. The Hall–Kier alpha value is -0.380. The maximum atomic E-state index is 10.8. The molecule has 0 saturated carbocycles. The van der Waals surface area contributed by atoms with Gasteiger partial charge in [0.25, 0.3) is 0 Å². The summed E-state index contributed by atoms with van der Waals surface area (Å²) in [5.41, 5.74) is 0. The lowest BCUT2D eigenvalue weighted by molar-refractivity contribution is 0.319. The van der Waals surface area contributed by atoms with Crippen LogP contribution in [0.1, 0.15) is 13.8 Å². The summed E-state index contributed by atoms with van der Waals surface area (Å²) in [5.74, 6) is 0. The predicted octanol–water partition coefficient (Wildman–Crippen LogP) is 0.604. The highest BCUT2D eigenvalue weighted by molar-refractivity contribution is 7.86. The lowest BCUT2D eigenvalue weighted by atomic mass is 10.2. The van der Waals surface area contributed by atoms with Crippen molar-refractivity contribution in [1.82, 2.24) is 0 Å². The van der Waals surface area contributed by atoms with E-state index in [4.69, 9.17) is 5.21 Å². The lowest BCUT2D eigenvalue weighted by Crippen LogP contribution is -2.27. The highest BCUT2D eigenvalue weighted by Gasteiger charge is 2.19. The quantitative estimate of drug-likeness (QED) is 0.355. The molecule has 1 unspecified atom stereocenters. The van der Waals surface area contributed by atoms with Crippen LogP contribution in [0.5, 0.6) is 0 Å². The zero-order chi connectivity index (χ0) is 7.49. The Balaban J connectivity index is 4.19. The fourth-order valence-electron chi connectivity index (χ4n) is 0.213. The SMILES string of the molecule is CS(=O)C(C)(C)/C=N/O. The molecule has 0 fully saturated rings. The Morgan fingerprint density at radius 2 is 2.11 bits per heavy atom. The van der Waals surface area contributed by atoms with Gasteiger partial charge in [0, 0.05) is 17.1 Å². The van der Waals surface area contributed by atoms with Gasteiger partial charge >= 0.3 is 0 Å². The first kappa shape index (κ1) is 8.62. The first-order valence-electron chi connectivity index (χ1n) is 2.53. The number of rotatable bonds is 2. The van der Waals surface area contributed by atoms with E-state index in [1.54, 1.807) is 20.1 Å². The zero-order valence-electron chi connectivity index (χ0n) is 5.79. The molecular weight excluding hydrogens is 138 g/mol. The highest BCUT2D eigenvalue weighted by Crippen LogP contribution is 2.06. The van der Waals surface area contributed by atoms with E-state index < -0.39 is 15.5 Å². The molecule has 1 atom stereocenters. The van der Waals surface area contributed by atoms with Crippen molar-refractivity contribution in [2.45, 2.75) is 18.6 Å². The average Bonchev–Trinajstić information content (AvgIpc) is 1.65. The number of oxime groups is 1. The van der Waals surface area contributed by atoms with Crippen molar-refractivity contribution in [2.75, 3.05) is 6.26 Å². The van der Waals surface area contributed by atoms with Gasteiger partial charge in [0.15, 0.2) is 0 Å². The Morgan fingerprint density at radius 3 is 2.22 bits per heavy atom. The van der Waals surface area contributed by atoms with Crippen LogP contribution in [0.2, 0.25) is 0 Å². The second-order valence-corrected chi connectivity index (χ2v) is 4.26. The summed E-state index contributed by atoms with van der Waals surface area (Å²) in [6, 6.07) is 0. The van der Waals surface area contributed by atoms with Gasteiger partial charge in [-0.05, 0) is 13.8 Å². The average molecular weight is 149 g/mol. The van der Waals surface area contributed by atoms with E-state index in [9.17, 15) is 4.21 Å². The van der Waals surface area contributed by atoms with Crippen molar-refractivity contribution in [3.05, 3.63) is 0 Å². The normalized spacial score (nSPS) is 16.3. The van der Waals surface area contributed by atoms with Crippen molar-refractivity contribution >= 4 is 17.0 Å². The van der Waals surface area contributed by atoms with Crippen molar-refractivity contribution in [2.24, 2.45) is 5.16 Å². The highest BCUT2D eigenvalue weighted by atomic mass is 32.2. The lowest BCUT2D eigenvalue weighted by Gasteiger charge is -2.13. The molecule has 4 heteroatoms. The van der Waals surface area contributed by atoms with Crippen LogP contribution in [0.15, 0.2) is 5.16 Å². The molecule has 0 aromatic carbocycles. The second kappa shape index (κ2) is 2.96. The maximum absolute atomic E-state index is 10.8. The van der Waals surface area contributed by atoms with Crippen LogP contribution < -0.4 is 0 Å². The Morgan fingerprint density at radius 1 is 1.67 bits per heavy atom. The smallest absolute Gasteiger partial charge is 0.0783 e. The van der Waals surface area contributed by atoms with E-state index >= 15 is 0 Å². The topological polar surface area (TPSA) is 49.7 Å². The molecule has 0 aromatic rings. The third kappa shape index (κ3) is 2.60. The monoisotopic (exact) mass is 149 g/mol. The van der Waals surface area contributed by atoms with E-state index in [2.05, 4.69) is 5.16 Å². The molecule has 54 valence electrons. The Kier molecular flexibility index (Phi) is 2.84.